The summed E-state index contributed by atoms with van der Waals surface area (Å²) in [7, 11) is 0. The van der Waals surface area contributed by atoms with E-state index in [0.717, 1.165) is 6.07 Å². The van der Waals surface area contributed by atoms with Crippen LogP contribution >= 0.6 is 11.6 Å². The molecular weight excluding hydrogens is 272 g/mol. The molecule has 2 rings (SSSR count). The summed E-state index contributed by atoms with van der Waals surface area (Å²) in [5.74, 6) is -1.66. The predicted molar refractivity (Wildman–Crippen MR) is 60.2 cm³/mol. The lowest BCUT2D eigenvalue weighted by molar-refractivity contribution is 0.564. The average molecular weight is 278 g/mol. The molecule has 7 heteroatoms. The van der Waals surface area contributed by atoms with E-state index in [9.17, 15) is 13.0 Å². The fraction of sp³-hybridized carbons (Fsp3) is 0. The molecule has 17 heavy (non-hydrogen) atoms. The van der Waals surface area contributed by atoms with E-state index < -0.39 is 22.7 Å². The number of aromatic nitrogens is 1. The number of hydrogen-bond acceptors (Lipinski definition) is 1. The van der Waals surface area contributed by atoms with E-state index in [-0.39, 0.29) is 21.2 Å². The molecule has 0 aliphatic rings. The van der Waals surface area contributed by atoms with Crippen LogP contribution in [0.2, 0.25) is 5.02 Å². The highest BCUT2D eigenvalue weighted by molar-refractivity contribution is 7.79. The number of rotatable bonds is 2. The van der Waals surface area contributed by atoms with Crippen LogP contribution in [0.5, 0.6) is 0 Å². The average Bonchev–Trinajstić information content (AvgIpc) is 2.72. The molecule has 0 spiro atoms. The molecule has 0 saturated carbocycles. The van der Waals surface area contributed by atoms with E-state index in [1.54, 1.807) is 0 Å². The third-order valence-electron chi connectivity index (χ3n) is 2.16. The fourth-order valence-electron chi connectivity index (χ4n) is 1.36. The summed E-state index contributed by atoms with van der Waals surface area (Å²) in [4.78, 5) is 2.71. The number of H-pyrrole nitrogens is 1. The molecule has 1 heterocycles. The minimum atomic E-state index is -2.16. The monoisotopic (exact) mass is 277 g/mol. The second kappa shape index (κ2) is 4.56. The van der Waals surface area contributed by atoms with Crippen LogP contribution in [0.4, 0.5) is 8.78 Å². The first-order valence-corrected chi connectivity index (χ1v) is 5.91. The Bertz CT molecular complexity index is 600. The van der Waals surface area contributed by atoms with Gasteiger partial charge >= 0.3 is 0 Å². The highest BCUT2D eigenvalue weighted by atomic mass is 35.5. The van der Waals surface area contributed by atoms with Gasteiger partial charge in [0.1, 0.15) is 11.6 Å². The van der Waals surface area contributed by atoms with Gasteiger partial charge in [-0.25, -0.2) is 13.0 Å². The molecule has 0 amide bonds. The van der Waals surface area contributed by atoms with Crippen LogP contribution in [0.3, 0.4) is 0 Å². The second-order valence-corrected chi connectivity index (χ2v) is 4.62. The van der Waals surface area contributed by atoms with Crippen LogP contribution in [0.1, 0.15) is 0 Å². The second-order valence-electron chi connectivity index (χ2n) is 3.24. The molecule has 3 nitrogen and oxygen atoms in total. The zero-order valence-electron chi connectivity index (χ0n) is 8.21. The minimum Gasteiger partial charge on any atom is -0.360 e. The van der Waals surface area contributed by atoms with Gasteiger partial charge in [0.2, 0.25) is 0 Å². The SMILES string of the molecule is O=S(O)c1c[nH]c(-c2cc(Cl)c(F)cc2F)c1. The van der Waals surface area contributed by atoms with E-state index in [1.165, 1.54) is 12.3 Å². The molecule has 2 aromatic rings. The van der Waals surface area contributed by atoms with Crippen molar-refractivity contribution in [3.8, 4) is 11.3 Å². The summed E-state index contributed by atoms with van der Waals surface area (Å²) in [5.41, 5.74) is 0.287. The molecule has 0 radical (unpaired) electrons. The van der Waals surface area contributed by atoms with Gasteiger partial charge in [-0.3, -0.25) is 0 Å². The Morgan fingerprint density at radius 1 is 1.24 bits per heavy atom. The van der Waals surface area contributed by atoms with Crippen molar-refractivity contribution in [2.75, 3.05) is 0 Å². The fourth-order valence-corrected chi connectivity index (χ4v) is 1.90. The Labute approximate surface area is 103 Å². The number of aromatic amines is 1. The van der Waals surface area contributed by atoms with E-state index in [0.29, 0.717) is 6.07 Å². The summed E-state index contributed by atoms with van der Waals surface area (Å²) in [5, 5.41) is -0.220. The molecule has 0 aliphatic carbocycles. The number of halogens is 3. The Kier molecular flexibility index (Phi) is 3.28. The molecular formula is C10H6ClF2NO2S. The van der Waals surface area contributed by atoms with Crippen LogP contribution in [-0.2, 0) is 11.1 Å². The number of benzene rings is 1. The third kappa shape index (κ3) is 2.38. The first-order chi connectivity index (χ1) is 7.99. The maximum atomic E-state index is 13.5. The lowest BCUT2D eigenvalue weighted by Gasteiger charge is -2.02. The van der Waals surface area contributed by atoms with Crippen molar-refractivity contribution in [1.82, 2.24) is 4.98 Å². The molecule has 0 bridgehead atoms. The van der Waals surface area contributed by atoms with Crippen LogP contribution in [0, 0.1) is 11.6 Å². The lowest BCUT2D eigenvalue weighted by atomic mass is 10.1. The van der Waals surface area contributed by atoms with E-state index in [1.807, 2.05) is 0 Å². The van der Waals surface area contributed by atoms with E-state index in [2.05, 4.69) is 4.98 Å². The van der Waals surface area contributed by atoms with Crippen molar-refractivity contribution in [2.45, 2.75) is 4.90 Å². The molecule has 1 aromatic carbocycles. The van der Waals surface area contributed by atoms with Gasteiger partial charge in [-0.15, -0.1) is 0 Å². The van der Waals surface area contributed by atoms with E-state index >= 15 is 0 Å². The number of hydrogen-bond donors (Lipinski definition) is 2. The van der Waals surface area contributed by atoms with Gasteiger partial charge in [-0.1, -0.05) is 11.6 Å². The van der Waals surface area contributed by atoms with Crippen molar-refractivity contribution in [3.05, 3.63) is 41.1 Å². The molecule has 0 saturated heterocycles. The molecule has 1 aromatic heterocycles. The highest BCUT2D eigenvalue weighted by Gasteiger charge is 2.13. The smallest absolute Gasteiger partial charge is 0.188 e. The summed E-state index contributed by atoms with van der Waals surface area (Å²) in [6.07, 6.45) is 1.27. The third-order valence-corrected chi connectivity index (χ3v) is 3.09. The van der Waals surface area contributed by atoms with Crippen LogP contribution < -0.4 is 0 Å². The molecule has 0 fully saturated rings. The van der Waals surface area contributed by atoms with Gasteiger partial charge in [-0.2, -0.15) is 0 Å². The highest BCUT2D eigenvalue weighted by Crippen LogP contribution is 2.28. The topological polar surface area (TPSA) is 53.1 Å². The van der Waals surface area contributed by atoms with Crippen molar-refractivity contribution in [3.63, 3.8) is 0 Å². The molecule has 2 N–H and O–H groups in total. The van der Waals surface area contributed by atoms with Gasteiger partial charge in [0.05, 0.1) is 9.92 Å². The number of nitrogens with one attached hydrogen (secondary N) is 1. The zero-order valence-corrected chi connectivity index (χ0v) is 9.78. The van der Waals surface area contributed by atoms with Crippen molar-refractivity contribution in [2.24, 2.45) is 0 Å². The largest absolute Gasteiger partial charge is 0.360 e. The Hall–Kier alpha value is -1.24. The van der Waals surface area contributed by atoms with Gasteiger partial charge in [0, 0.05) is 23.5 Å². The molecule has 90 valence electrons. The first kappa shape index (κ1) is 12.2. The van der Waals surface area contributed by atoms with Gasteiger partial charge in [0.25, 0.3) is 0 Å². The first-order valence-electron chi connectivity index (χ1n) is 4.43. The van der Waals surface area contributed by atoms with Crippen LogP contribution in [0.25, 0.3) is 11.3 Å². The Morgan fingerprint density at radius 3 is 2.53 bits per heavy atom. The summed E-state index contributed by atoms with van der Waals surface area (Å²) in [6, 6.07) is 3.07. The van der Waals surface area contributed by atoms with Crippen molar-refractivity contribution < 1.29 is 17.5 Å². The van der Waals surface area contributed by atoms with Crippen LogP contribution in [-0.4, -0.2) is 13.7 Å². The van der Waals surface area contributed by atoms with Crippen LogP contribution in [0.15, 0.2) is 29.3 Å². The van der Waals surface area contributed by atoms with Gasteiger partial charge in [-0.05, 0) is 12.1 Å². The molecule has 1 unspecified atom stereocenters. The van der Waals surface area contributed by atoms with Gasteiger partial charge in [0.15, 0.2) is 11.1 Å². The maximum Gasteiger partial charge on any atom is 0.188 e. The summed E-state index contributed by atoms with van der Waals surface area (Å²) in [6.45, 7) is 0. The normalized spacial score (nSPS) is 12.7. The predicted octanol–water partition coefficient (Wildman–Crippen LogP) is 3.19. The minimum absolute atomic E-state index is 0.0353. The summed E-state index contributed by atoms with van der Waals surface area (Å²) < 4.78 is 46.0. The zero-order chi connectivity index (χ0) is 12.6. The maximum absolute atomic E-state index is 13.5. The Morgan fingerprint density at radius 2 is 1.94 bits per heavy atom. The lowest BCUT2D eigenvalue weighted by Crippen LogP contribution is -1.88. The van der Waals surface area contributed by atoms with Crippen molar-refractivity contribution >= 4 is 22.7 Å². The Balaban J connectivity index is 2.52. The standard InChI is InChI=1S/C10H6ClF2NO2S/c11-7-2-6(8(12)3-9(7)13)10-1-5(4-14-10)17(15)16/h1-4,14H,(H,15,16). The molecule has 1 atom stereocenters. The van der Waals surface area contributed by atoms with Gasteiger partial charge < -0.3 is 9.54 Å². The quantitative estimate of drug-likeness (QED) is 0.654. The summed E-state index contributed by atoms with van der Waals surface area (Å²) >= 11 is 3.38. The molecule has 0 aliphatic heterocycles. The van der Waals surface area contributed by atoms with Crippen molar-refractivity contribution in [1.29, 1.82) is 0 Å². The van der Waals surface area contributed by atoms with E-state index in [4.69, 9.17) is 16.2 Å².